The molecule has 0 aliphatic carbocycles. The highest BCUT2D eigenvalue weighted by Crippen LogP contribution is 2.29. The molecule has 0 aliphatic heterocycles. The molecule has 3 heteroatoms. The van der Waals surface area contributed by atoms with Gasteiger partial charge in [-0.25, -0.2) is 0 Å². The molecule has 0 spiro atoms. The highest BCUT2D eigenvalue weighted by Gasteiger charge is 2.25. The van der Waals surface area contributed by atoms with Gasteiger partial charge in [-0.1, -0.05) is 6.92 Å². The van der Waals surface area contributed by atoms with Gasteiger partial charge in [0.15, 0.2) is 0 Å². The van der Waals surface area contributed by atoms with E-state index in [1.165, 1.54) is 0 Å². The third-order valence-electron chi connectivity index (χ3n) is 2.15. The molecule has 0 amide bonds. The molecule has 0 bridgehead atoms. The molecule has 0 aliphatic rings. The van der Waals surface area contributed by atoms with Gasteiger partial charge in [-0.3, -0.25) is 0 Å². The lowest BCUT2D eigenvalue weighted by atomic mass is 9.86. The van der Waals surface area contributed by atoms with E-state index in [-0.39, 0.29) is 5.41 Å². The van der Waals surface area contributed by atoms with Crippen molar-refractivity contribution in [2.24, 2.45) is 5.41 Å². The molecule has 68 valence electrons. The van der Waals surface area contributed by atoms with Gasteiger partial charge < -0.3 is 4.74 Å². The SMILES string of the molecule is CCC(CCl)(CCl)CCOC. The number of rotatable bonds is 6. The van der Waals surface area contributed by atoms with Crippen LogP contribution in [0.1, 0.15) is 19.8 Å². The Hall–Kier alpha value is 0.540. The monoisotopic (exact) mass is 198 g/mol. The third kappa shape index (κ3) is 3.64. The Morgan fingerprint density at radius 3 is 2.09 bits per heavy atom. The standard InChI is InChI=1S/C8H16Cl2O/c1-3-8(6-9,7-10)4-5-11-2/h3-7H2,1-2H3. The maximum atomic E-state index is 5.82. The fraction of sp³-hybridized carbons (Fsp3) is 1.00. The molecule has 0 unspecified atom stereocenters. The van der Waals surface area contributed by atoms with Crippen molar-refractivity contribution in [3.63, 3.8) is 0 Å². The Morgan fingerprint density at radius 1 is 1.27 bits per heavy atom. The molecule has 0 saturated heterocycles. The molecule has 11 heavy (non-hydrogen) atoms. The van der Waals surface area contributed by atoms with Gasteiger partial charge >= 0.3 is 0 Å². The van der Waals surface area contributed by atoms with Crippen LogP contribution in [-0.4, -0.2) is 25.5 Å². The topological polar surface area (TPSA) is 9.23 Å². The lowest BCUT2D eigenvalue weighted by Gasteiger charge is -2.27. The average Bonchev–Trinajstić information content (AvgIpc) is 2.08. The molecular weight excluding hydrogens is 183 g/mol. The summed E-state index contributed by atoms with van der Waals surface area (Å²) >= 11 is 11.6. The summed E-state index contributed by atoms with van der Waals surface area (Å²) in [6.07, 6.45) is 1.97. The lowest BCUT2D eigenvalue weighted by molar-refractivity contribution is 0.153. The van der Waals surface area contributed by atoms with Crippen molar-refractivity contribution in [2.45, 2.75) is 19.8 Å². The van der Waals surface area contributed by atoms with Crippen molar-refractivity contribution >= 4 is 23.2 Å². The van der Waals surface area contributed by atoms with E-state index in [1.807, 2.05) is 0 Å². The molecule has 0 saturated carbocycles. The van der Waals surface area contributed by atoms with Crippen molar-refractivity contribution in [3.8, 4) is 0 Å². The Balaban J connectivity index is 3.84. The molecule has 0 atom stereocenters. The highest BCUT2D eigenvalue weighted by atomic mass is 35.5. The highest BCUT2D eigenvalue weighted by molar-refractivity contribution is 6.21. The molecule has 0 aromatic rings. The quantitative estimate of drug-likeness (QED) is 0.597. The predicted octanol–water partition coefficient (Wildman–Crippen LogP) is 2.90. The zero-order chi connectivity index (χ0) is 8.74. The first-order chi connectivity index (χ1) is 5.24. The van der Waals surface area contributed by atoms with Gasteiger partial charge in [-0.05, 0) is 18.3 Å². The Kier molecular flexibility index (Phi) is 6.40. The first-order valence-electron chi connectivity index (χ1n) is 3.85. The molecule has 1 nitrogen and oxygen atoms in total. The number of ether oxygens (including phenoxy) is 1. The van der Waals surface area contributed by atoms with Crippen LogP contribution in [0.25, 0.3) is 0 Å². The first-order valence-corrected chi connectivity index (χ1v) is 4.92. The van der Waals surface area contributed by atoms with E-state index in [4.69, 9.17) is 27.9 Å². The molecule has 0 fully saturated rings. The number of methoxy groups -OCH3 is 1. The van der Waals surface area contributed by atoms with Gasteiger partial charge in [0.05, 0.1) is 0 Å². The lowest BCUT2D eigenvalue weighted by Crippen LogP contribution is -2.25. The van der Waals surface area contributed by atoms with Crippen LogP contribution in [0.4, 0.5) is 0 Å². The van der Waals surface area contributed by atoms with Crippen molar-refractivity contribution in [2.75, 3.05) is 25.5 Å². The summed E-state index contributed by atoms with van der Waals surface area (Å²) in [5.41, 5.74) is 0.0825. The van der Waals surface area contributed by atoms with E-state index >= 15 is 0 Å². The van der Waals surface area contributed by atoms with Crippen LogP contribution in [0.5, 0.6) is 0 Å². The van der Waals surface area contributed by atoms with E-state index < -0.39 is 0 Å². The van der Waals surface area contributed by atoms with Crippen LogP contribution >= 0.6 is 23.2 Å². The zero-order valence-electron chi connectivity index (χ0n) is 7.20. The summed E-state index contributed by atoms with van der Waals surface area (Å²) in [5, 5.41) is 0. The maximum Gasteiger partial charge on any atom is 0.0468 e. The van der Waals surface area contributed by atoms with Gasteiger partial charge in [0.1, 0.15) is 0 Å². The predicted molar refractivity (Wildman–Crippen MR) is 50.7 cm³/mol. The molecular formula is C8H16Cl2O. The van der Waals surface area contributed by atoms with Crippen LogP contribution < -0.4 is 0 Å². The van der Waals surface area contributed by atoms with E-state index in [9.17, 15) is 0 Å². The van der Waals surface area contributed by atoms with E-state index in [0.29, 0.717) is 11.8 Å². The van der Waals surface area contributed by atoms with Crippen molar-refractivity contribution in [1.29, 1.82) is 0 Å². The average molecular weight is 199 g/mol. The number of halogens is 2. The summed E-state index contributed by atoms with van der Waals surface area (Å²) < 4.78 is 4.99. The summed E-state index contributed by atoms with van der Waals surface area (Å²) in [7, 11) is 1.70. The zero-order valence-corrected chi connectivity index (χ0v) is 8.71. The largest absolute Gasteiger partial charge is 0.385 e. The van der Waals surface area contributed by atoms with Gasteiger partial charge in [0, 0.05) is 25.5 Å². The minimum atomic E-state index is 0.0825. The van der Waals surface area contributed by atoms with E-state index in [2.05, 4.69) is 6.92 Å². The summed E-state index contributed by atoms with van der Waals surface area (Å²) in [6, 6.07) is 0. The van der Waals surface area contributed by atoms with Gasteiger partial charge in [0.25, 0.3) is 0 Å². The van der Waals surface area contributed by atoms with Gasteiger partial charge in [-0.2, -0.15) is 0 Å². The van der Waals surface area contributed by atoms with Crippen molar-refractivity contribution in [1.82, 2.24) is 0 Å². The summed E-state index contributed by atoms with van der Waals surface area (Å²) in [4.78, 5) is 0. The smallest absolute Gasteiger partial charge is 0.0468 e. The number of alkyl halides is 2. The van der Waals surface area contributed by atoms with Crippen LogP contribution in [-0.2, 0) is 4.74 Å². The number of hydrogen-bond acceptors (Lipinski definition) is 1. The minimum absolute atomic E-state index is 0.0825. The minimum Gasteiger partial charge on any atom is -0.385 e. The fourth-order valence-corrected chi connectivity index (χ4v) is 1.78. The molecule has 0 rings (SSSR count). The second-order valence-electron chi connectivity index (χ2n) is 2.86. The summed E-state index contributed by atoms with van der Waals surface area (Å²) in [5.74, 6) is 1.24. The second-order valence-corrected chi connectivity index (χ2v) is 3.40. The Bertz CT molecular complexity index is 83.8. The molecule has 0 aromatic heterocycles. The summed E-state index contributed by atoms with van der Waals surface area (Å²) in [6.45, 7) is 2.85. The van der Waals surface area contributed by atoms with E-state index in [1.54, 1.807) is 7.11 Å². The van der Waals surface area contributed by atoms with Crippen LogP contribution in [0, 0.1) is 5.41 Å². The van der Waals surface area contributed by atoms with Crippen LogP contribution in [0.2, 0.25) is 0 Å². The molecule has 0 radical (unpaired) electrons. The van der Waals surface area contributed by atoms with E-state index in [0.717, 1.165) is 19.4 Å². The van der Waals surface area contributed by atoms with Crippen LogP contribution in [0.15, 0.2) is 0 Å². The Morgan fingerprint density at radius 2 is 1.82 bits per heavy atom. The van der Waals surface area contributed by atoms with Gasteiger partial charge in [0.2, 0.25) is 0 Å². The van der Waals surface area contributed by atoms with Crippen molar-refractivity contribution in [3.05, 3.63) is 0 Å². The molecule has 0 aromatic carbocycles. The first kappa shape index (κ1) is 11.5. The normalized spacial score (nSPS) is 12.0. The maximum absolute atomic E-state index is 5.82. The van der Waals surface area contributed by atoms with Crippen LogP contribution in [0.3, 0.4) is 0 Å². The van der Waals surface area contributed by atoms with Crippen molar-refractivity contribution < 1.29 is 4.74 Å². The number of hydrogen-bond donors (Lipinski definition) is 0. The Labute approximate surface area is 79.0 Å². The molecule has 0 N–H and O–H groups in total. The van der Waals surface area contributed by atoms with Gasteiger partial charge in [-0.15, -0.1) is 23.2 Å². The fourth-order valence-electron chi connectivity index (χ4n) is 0.854. The third-order valence-corrected chi connectivity index (χ3v) is 3.29. The molecule has 0 heterocycles. The second kappa shape index (κ2) is 6.10.